The molecule has 6 nitrogen and oxygen atoms in total. The van der Waals surface area contributed by atoms with Crippen LogP contribution in [-0.4, -0.2) is 36.8 Å². The van der Waals surface area contributed by atoms with Gasteiger partial charge < -0.3 is 10.4 Å². The van der Waals surface area contributed by atoms with Gasteiger partial charge in [-0.1, -0.05) is 6.07 Å². The van der Waals surface area contributed by atoms with Gasteiger partial charge in [0, 0.05) is 18.0 Å². The Labute approximate surface area is 157 Å². The fourth-order valence-electron chi connectivity index (χ4n) is 3.03. The minimum absolute atomic E-state index is 0.00713. The van der Waals surface area contributed by atoms with Crippen molar-refractivity contribution >= 4 is 33.0 Å². The first kappa shape index (κ1) is 18.9. The Morgan fingerprint density at radius 2 is 2.04 bits per heavy atom. The molecule has 1 aliphatic heterocycles. The predicted octanol–water partition coefficient (Wildman–Crippen LogP) is 3.11. The third-order valence-corrected chi connectivity index (χ3v) is 7.81. The Bertz CT molecular complexity index is 921. The lowest BCUT2D eigenvalue weighted by molar-refractivity contribution is -0.120. The molecule has 1 aromatic heterocycles. The normalized spacial score (nSPS) is 18.6. The number of hydrogen-bond acceptors (Lipinski definition) is 5. The fraction of sp³-hybridized carbons (Fsp3) is 0.389. The van der Waals surface area contributed by atoms with Crippen LogP contribution in [0.15, 0.2) is 34.5 Å². The highest BCUT2D eigenvalue weighted by Gasteiger charge is 2.34. The lowest BCUT2D eigenvalue weighted by Gasteiger charge is -2.30. The zero-order valence-corrected chi connectivity index (χ0v) is 16.4. The van der Waals surface area contributed by atoms with Gasteiger partial charge in [-0.3, -0.25) is 4.79 Å². The summed E-state index contributed by atoms with van der Waals surface area (Å²) in [5, 5.41) is 12.7. The van der Waals surface area contributed by atoms with E-state index in [1.165, 1.54) is 15.6 Å². The molecule has 1 atom stereocenters. The lowest BCUT2D eigenvalue weighted by atomic mass is 9.98. The molecule has 26 heavy (non-hydrogen) atoms. The molecule has 2 heterocycles. The molecule has 0 saturated carbocycles. The zero-order valence-electron chi connectivity index (χ0n) is 14.7. The summed E-state index contributed by atoms with van der Waals surface area (Å²) in [5.41, 5.74) is 1.23. The minimum Gasteiger partial charge on any atom is -0.506 e. The molecule has 0 radical (unpaired) electrons. The molecule has 1 aromatic carbocycles. The number of carbonyl (C=O) groups excluding carboxylic acids is 1. The molecule has 2 aromatic rings. The van der Waals surface area contributed by atoms with Crippen LogP contribution in [-0.2, 0) is 14.8 Å². The summed E-state index contributed by atoms with van der Waals surface area (Å²) in [6.45, 7) is 4.28. The Morgan fingerprint density at radius 1 is 1.27 bits per heavy atom. The van der Waals surface area contributed by atoms with E-state index in [1.54, 1.807) is 30.3 Å². The first-order valence-electron chi connectivity index (χ1n) is 8.44. The number of phenols is 1. The van der Waals surface area contributed by atoms with E-state index in [0.717, 1.165) is 10.4 Å². The van der Waals surface area contributed by atoms with E-state index in [4.69, 9.17) is 0 Å². The van der Waals surface area contributed by atoms with Crippen LogP contribution in [0.5, 0.6) is 5.75 Å². The minimum atomic E-state index is -3.57. The third kappa shape index (κ3) is 3.92. The van der Waals surface area contributed by atoms with E-state index in [2.05, 4.69) is 5.32 Å². The van der Waals surface area contributed by atoms with Crippen LogP contribution in [0.2, 0.25) is 0 Å². The van der Waals surface area contributed by atoms with Gasteiger partial charge in [-0.05, 0) is 56.5 Å². The predicted molar refractivity (Wildman–Crippen MR) is 102 cm³/mol. The highest BCUT2D eigenvalue weighted by atomic mass is 32.2. The number of hydrogen-bond donors (Lipinski definition) is 2. The number of rotatable bonds is 4. The summed E-state index contributed by atoms with van der Waals surface area (Å²) in [4.78, 5) is 13.5. The standard InChI is InChI=1S/C18H22N2O4S2/c1-12-5-7-15(16(21)10-12)19-18(22)14-4-3-9-20(11-14)26(23,24)17-8-6-13(2)25-17/h5-8,10,14,21H,3-4,9,11H2,1-2H3,(H,19,22). The van der Waals surface area contributed by atoms with Crippen LogP contribution in [0, 0.1) is 19.8 Å². The summed E-state index contributed by atoms with van der Waals surface area (Å²) in [6.07, 6.45) is 1.25. The number of amides is 1. The number of carbonyl (C=O) groups is 1. The molecule has 1 aliphatic rings. The quantitative estimate of drug-likeness (QED) is 0.780. The molecule has 1 fully saturated rings. The molecule has 0 aliphatic carbocycles. The molecular weight excluding hydrogens is 372 g/mol. The summed E-state index contributed by atoms with van der Waals surface area (Å²) >= 11 is 1.24. The number of phenolic OH excluding ortho intramolecular Hbond substituents is 1. The van der Waals surface area contributed by atoms with Crippen molar-refractivity contribution in [3.63, 3.8) is 0 Å². The van der Waals surface area contributed by atoms with E-state index in [1.807, 2.05) is 13.8 Å². The third-order valence-electron chi connectivity index (χ3n) is 4.48. The second-order valence-electron chi connectivity index (χ2n) is 6.58. The van der Waals surface area contributed by atoms with Crippen LogP contribution in [0.4, 0.5) is 5.69 Å². The van der Waals surface area contributed by atoms with Crippen molar-refractivity contribution in [3.05, 3.63) is 40.8 Å². The van der Waals surface area contributed by atoms with Gasteiger partial charge in [0.1, 0.15) is 9.96 Å². The van der Waals surface area contributed by atoms with Crippen LogP contribution < -0.4 is 5.32 Å². The van der Waals surface area contributed by atoms with Crippen LogP contribution in [0.3, 0.4) is 0 Å². The first-order valence-corrected chi connectivity index (χ1v) is 10.7. The van der Waals surface area contributed by atoms with E-state index in [0.29, 0.717) is 29.3 Å². The zero-order chi connectivity index (χ0) is 18.9. The molecule has 1 amide bonds. The largest absolute Gasteiger partial charge is 0.506 e. The van der Waals surface area contributed by atoms with Crippen molar-refractivity contribution < 1.29 is 18.3 Å². The van der Waals surface area contributed by atoms with E-state index in [9.17, 15) is 18.3 Å². The van der Waals surface area contributed by atoms with Crippen LogP contribution in [0.1, 0.15) is 23.3 Å². The summed E-state index contributed by atoms with van der Waals surface area (Å²) in [6, 6.07) is 8.42. The van der Waals surface area contributed by atoms with Crippen molar-refractivity contribution in [2.45, 2.75) is 30.9 Å². The summed E-state index contributed by atoms with van der Waals surface area (Å²) in [7, 11) is -3.57. The maximum Gasteiger partial charge on any atom is 0.252 e. The second kappa shape index (κ2) is 7.38. The molecule has 140 valence electrons. The van der Waals surface area contributed by atoms with Gasteiger partial charge in [0.2, 0.25) is 5.91 Å². The molecule has 8 heteroatoms. The number of anilines is 1. The Morgan fingerprint density at radius 3 is 2.69 bits per heavy atom. The van der Waals surface area contributed by atoms with Crippen molar-refractivity contribution in [2.75, 3.05) is 18.4 Å². The molecule has 1 saturated heterocycles. The fourth-order valence-corrected chi connectivity index (χ4v) is 6.00. The van der Waals surface area contributed by atoms with E-state index < -0.39 is 15.9 Å². The average Bonchev–Trinajstić information content (AvgIpc) is 3.05. The van der Waals surface area contributed by atoms with Gasteiger partial charge in [0.05, 0.1) is 11.6 Å². The number of nitrogens with zero attached hydrogens (tertiary/aromatic N) is 1. The van der Waals surface area contributed by atoms with E-state index in [-0.39, 0.29) is 18.2 Å². The van der Waals surface area contributed by atoms with E-state index >= 15 is 0 Å². The Balaban J connectivity index is 1.72. The number of sulfonamides is 1. The number of aryl methyl sites for hydroxylation is 2. The number of nitrogens with one attached hydrogen (secondary N) is 1. The maximum absolute atomic E-state index is 12.8. The lowest BCUT2D eigenvalue weighted by Crippen LogP contribution is -2.43. The molecule has 3 rings (SSSR count). The van der Waals surface area contributed by atoms with Gasteiger partial charge in [0.25, 0.3) is 10.0 Å². The van der Waals surface area contributed by atoms with Crippen LogP contribution in [0.25, 0.3) is 0 Å². The summed E-state index contributed by atoms with van der Waals surface area (Å²) in [5.74, 6) is -0.709. The van der Waals surface area contributed by atoms with Gasteiger partial charge in [-0.15, -0.1) is 11.3 Å². The van der Waals surface area contributed by atoms with Crippen molar-refractivity contribution in [1.29, 1.82) is 0 Å². The first-order chi connectivity index (χ1) is 12.3. The van der Waals surface area contributed by atoms with Crippen molar-refractivity contribution in [3.8, 4) is 5.75 Å². The van der Waals surface area contributed by atoms with Gasteiger partial charge in [0.15, 0.2) is 0 Å². The topological polar surface area (TPSA) is 86.7 Å². The smallest absolute Gasteiger partial charge is 0.252 e. The monoisotopic (exact) mass is 394 g/mol. The highest BCUT2D eigenvalue weighted by molar-refractivity contribution is 7.91. The molecule has 2 N–H and O–H groups in total. The molecule has 0 spiro atoms. The second-order valence-corrected chi connectivity index (χ2v) is 10.0. The van der Waals surface area contributed by atoms with Gasteiger partial charge >= 0.3 is 0 Å². The molecule has 1 unspecified atom stereocenters. The average molecular weight is 395 g/mol. The SMILES string of the molecule is Cc1ccc(NC(=O)C2CCCN(S(=O)(=O)c3ccc(C)s3)C2)c(O)c1. The molecular formula is C18H22N2O4S2. The Hall–Kier alpha value is -1.90. The van der Waals surface area contributed by atoms with Gasteiger partial charge in [-0.2, -0.15) is 4.31 Å². The number of aromatic hydroxyl groups is 1. The highest BCUT2D eigenvalue weighted by Crippen LogP contribution is 2.30. The van der Waals surface area contributed by atoms with Gasteiger partial charge in [-0.25, -0.2) is 8.42 Å². The number of benzene rings is 1. The van der Waals surface area contributed by atoms with Crippen molar-refractivity contribution in [2.24, 2.45) is 5.92 Å². The summed E-state index contributed by atoms with van der Waals surface area (Å²) < 4.78 is 27.3. The van der Waals surface area contributed by atoms with Crippen molar-refractivity contribution in [1.82, 2.24) is 4.31 Å². The maximum atomic E-state index is 12.8. The Kier molecular flexibility index (Phi) is 5.36. The molecule has 0 bridgehead atoms. The number of thiophene rings is 1. The number of piperidine rings is 1. The van der Waals surface area contributed by atoms with Crippen LogP contribution >= 0.6 is 11.3 Å².